The summed E-state index contributed by atoms with van der Waals surface area (Å²) in [5, 5.41) is 0. The highest BCUT2D eigenvalue weighted by Crippen LogP contribution is 2.23. The molecule has 13 heavy (non-hydrogen) atoms. The van der Waals surface area contributed by atoms with Gasteiger partial charge in [-0.05, 0) is 28.1 Å². The van der Waals surface area contributed by atoms with Crippen LogP contribution in [-0.4, -0.2) is 15.9 Å². The molecule has 2 aromatic rings. The highest BCUT2D eigenvalue weighted by atomic mass is 79.9. The van der Waals surface area contributed by atoms with Crippen LogP contribution < -0.4 is 5.73 Å². The van der Waals surface area contributed by atoms with Crippen LogP contribution in [0.25, 0.3) is 11.0 Å². The van der Waals surface area contributed by atoms with Gasteiger partial charge in [0, 0.05) is 4.47 Å². The molecule has 5 heteroatoms. The van der Waals surface area contributed by atoms with Crippen molar-refractivity contribution in [3.8, 4) is 0 Å². The Labute approximate surface area is 82.3 Å². The molecular formula is C8H6BrN3O. The van der Waals surface area contributed by atoms with Gasteiger partial charge in [-0.2, -0.15) is 0 Å². The van der Waals surface area contributed by atoms with Crippen molar-refractivity contribution in [3.05, 3.63) is 28.5 Å². The predicted molar refractivity (Wildman–Crippen MR) is 52.3 cm³/mol. The topological polar surface area (TPSA) is 71.8 Å². The Hall–Kier alpha value is -1.36. The minimum atomic E-state index is -0.482. The summed E-state index contributed by atoms with van der Waals surface area (Å²) in [6, 6.07) is 3.60. The van der Waals surface area contributed by atoms with Gasteiger partial charge < -0.3 is 10.7 Å². The number of carbonyl (C=O) groups excluding carboxylic acids is 1. The number of H-pyrrole nitrogens is 1. The van der Waals surface area contributed by atoms with Gasteiger partial charge in [-0.3, -0.25) is 4.79 Å². The molecule has 0 aliphatic carbocycles. The lowest BCUT2D eigenvalue weighted by Gasteiger charge is -1.99. The van der Waals surface area contributed by atoms with Gasteiger partial charge in [0.05, 0.1) is 17.4 Å². The number of primary amides is 1. The second-order valence-corrected chi connectivity index (χ2v) is 3.44. The average Bonchev–Trinajstić information content (AvgIpc) is 2.50. The number of nitrogens with one attached hydrogen (secondary N) is 1. The zero-order valence-corrected chi connectivity index (χ0v) is 8.13. The van der Waals surface area contributed by atoms with Gasteiger partial charge in [0.1, 0.15) is 5.52 Å². The van der Waals surface area contributed by atoms with Crippen LogP contribution in [0.4, 0.5) is 0 Å². The van der Waals surface area contributed by atoms with E-state index in [0.29, 0.717) is 15.6 Å². The van der Waals surface area contributed by atoms with Gasteiger partial charge in [-0.15, -0.1) is 0 Å². The predicted octanol–water partition coefficient (Wildman–Crippen LogP) is 1.42. The number of hydrogen-bond acceptors (Lipinski definition) is 2. The minimum Gasteiger partial charge on any atom is -0.365 e. The normalized spacial score (nSPS) is 10.5. The van der Waals surface area contributed by atoms with Gasteiger partial charge >= 0.3 is 0 Å². The Bertz CT molecular complexity index is 477. The van der Waals surface area contributed by atoms with E-state index in [-0.39, 0.29) is 0 Å². The van der Waals surface area contributed by atoms with Crippen LogP contribution in [0.15, 0.2) is 22.9 Å². The Morgan fingerprint density at radius 2 is 2.31 bits per heavy atom. The van der Waals surface area contributed by atoms with Crippen LogP contribution >= 0.6 is 15.9 Å². The van der Waals surface area contributed by atoms with Crippen molar-refractivity contribution in [2.24, 2.45) is 5.73 Å². The van der Waals surface area contributed by atoms with E-state index in [9.17, 15) is 4.79 Å². The molecular weight excluding hydrogens is 234 g/mol. The fraction of sp³-hybridized carbons (Fsp3) is 0. The van der Waals surface area contributed by atoms with Gasteiger partial charge in [0.15, 0.2) is 0 Å². The molecule has 0 atom stereocenters. The smallest absolute Gasteiger partial charge is 0.252 e. The van der Waals surface area contributed by atoms with E-state index >= 15 is 0 Å². The molecule has 0 fully saturated rings. The van der Waals surface area contributed by atoms with Crippen LogP contribution in [0.1, 0.15) is 10.4 Å². The van der Waals surface area contributed by atoms with Gasteiger partial charge in [0.25, 0.3) is 5.91 Å². The van der Waals surface area contributed by atoms with Crippen LogP contribution in [0.3, 0.4) is 0 Å². The number of nitrogens with two attached hydrogens (primary N) is 1. The van der Waals surface area contributed by atoms with Gasteiger partial charge in [-0.1, -0.05) is 0 Å². The maximum absolute atomic E-state index is 11.1. The average molecular weight is 240 g/mol. The number of aromatic nitrogens is 2. The lowest BCUT2D eigenvalue weighted by molar-refractivity contribution is 0.100. The molecule has 4 nitrogen and oxygen atoms in total. The van der Waals surface area contributed by atoms with E-state index < -0.39 is 5.91 Å². The number of imidazole rings is 1. The van der Waals surface area contributed by atoms with Gasteiger partial charge in [-0.25, -0.2) is 4.98 Å². The number of hydrogen-bond donors (Lipinski definition) is 2. The fourth-order valence-corrected chi connectivity index (χ4v) is 1.73. The first-order valence-electron chi connectivity index (χ1n) is 3.61. The lowest BCUT2D eigenvalue weighted by atomic mass is 10.2. The molecule has 0 bridgehead atoms. The standard InChI is InChI=1S/C8H6BrN3O/c9-4-1-2-5-7(12-3-11-5)6(4)8(10)13/h1-3H,(H2,10,13)(H,11,12). The van der Waals surface area contributed by atoms with E-state index in [1.54, 1.807) is 6.07 Å². The van der Waals surface area contributed by atoms with Crippen molar-refractivity contribution in [1.29, 1.82) is 0 Å². The number of rotatable bonds is 1. The molecule has 3 N–H and O–H groups in total. The number of amides is 1. The first kappa shape index (κ1) is 8.25. The first-order valence-corrected chi connectivity index (χ1v) is 4.41. The maximum atomic E-state index is 11.1. The zero-order valence-electron chi connectivity index (χ0n) is 6.54. The third kappa shape index (κ3) is 1.21. The van der Waals surface area contributed by atoms with Crippen molar-refractivity contribution in [2.45, 2.75) is 0 Å². The van der Waals surface area contributed by atoms with Crippen molar-refractivity contribution in [1.82, 2.24) is 9.97 Å². The molecule has 2 rings (SSSR count). The summed E-state index contributed by atoms with van der Waals surface area (Å²) in [7, 11) is 0. The van der Waals surface area contributed by atoms with Crippen LogP contribution in [0.2, 0.25) is 0 Å². The quantitative estimate of drug-likeness (QED) is 0.791. The first-order chi connectivity index (χ1) is 6.20. The summed E-state index contributed by atoms with van der Waals surface area (Å²) in [5.41, 5.74) is 7.03. The molecule has 66 valence electrons. The highest BCUT2D eigenvalue weighted by Gasteiger charge is 2.12. The van der Waals surface area contributed by atoms with Crippen LogP contribution in [0.5, 0.6) is 0 Å². The third-order valence-corrected chi connectivity index (χ3v) is 2.45. The number of benzene rings is 1. The summed E-state index contributed by atoms with van der Waals surface area (Å²) in [5.74, 6) is -0.482. The Balaban J connectivity index is 2.88. The summed E-state index contributed by atoms with van der Waals surface area (Å²) >= 11 is 3.25. The molecule has 0 unspecified atom stereocenters. The van der Waals surface area contributed by atoms with E-state index in [2.05, 4.69) is 25.9 Å². The van der Waals surface area contributed by atoms with Gasteiger partial charge in [0.2, 0.25) is 0 Å². The molecule has 1 heterocycles. The fourth-order valence-electron chi connectivity index (χ4n) is 1.22. The Morgan fingerprint density at radius 1 is 1.54 bits per heavy atom. The molecule has 0 radical (unpaired) electrons. The molecule has 0 aliphatic heterocycles. The maximum Gasteiger partial charge on any atom is 0.252 e. The number of aromatic amines is 1. The molecule has 0 saturated heterocycles. The summed E-state index contributed by atoms with van der Waals surface area (Å²) in [4.78, 5) is 18.0. The number of halogens is 1. The highest BCUT2D eigenvalue weighted by molar-refractivity contribution is 9.10. The molecule has 1 amide bonds. The second-order valence-electron chi connectivity index (χ2n) is 2.59. The summed E-state index contributed by atoms with van der Waals surface area (Å²) in [6.07, 6.45) is 1.53. The zero-order chi connectivity index (χ0) is 9.42. The molecule has 0 spiro atoms. The van der Waals surface area contributed by atoms with Crippen molar-refractivity contribution in [2.75, 3.05) is 0 Å². The van der Waals surface area contributed by atoms with E-state index in [0.717, 1.165) is 5.52 Å². The molecule has 0 aliphatic rings. The second kappa shape index (κ2) is 2.85. The van der Waals surface area contributed by atoms with Crippen LogP contribution in [-0.2, 0) is 0 Å². The molecule has 1 aromatic carbocycles. The third-order valence-electron chi connectivity index (χ3n) is 1.79. The number of carbonyl (C=O) groups is 1. The Morgan fingerprint density at radius 3 is 3.00 bits per heavy atom. The van der Waals surface area contributed by atoms with E-state index in [1.807, 2.05) is 6.07 Å². The SMILES string of the molecule is NC(=O)c1c(Br)ccc2[nH]cnc12. The number of fused-ring (bicyclic) bond motifs is 1. The van der Waals surface area contributed by atoms with Crippen LogP contribution in [0, 0.1) is 0 Å². The van der Waals surface area contributed by atoms with Crippen molar-refractivity contribution < 1.29 is 4.79 Å². The summed E-state index contributed by atoms with van der Waals surface area (Å²) in [6.45, 7) is 0. The lowest BCUT2D eigenvalue weighted by Crippen LogP contribution is -2.12. The monoisotopic (exact) mass is 239 g/mol. The van der Waals surface area contributed by atoms with E-state index in [1.165, 1.54) is 6.33 Å². The van der Waals surface area contributed by atoms with Crippen molar-refractivity contribution >= 4 is 32.9 Å². The Kier molecular flexibility index (Phi) is 1.81. The van der Waals surface area contributed by atoms with Crippen molar-refractivity contribution in [3.63, 3.8) is 0 Å². The molecule has 0 saturated carbocycles. The minimum absolute atomic E-state index is 0.416. The largest absolute Gasteiger partial charge is 0.365 e. The van der Waals surface area contributed by atoms with E-state index in [4.69, 9.17) is 5.73 Å². The molecule has 1 aromatic heterocycles. The number of nitrogens with zero attached hydrogens (tertiary/aromatic N) is 1. The summed E-state index contributed by atoms with van der Waals surface area (Å²) < 4.78 is 0.666.